The third-order valence-electron chi connectivity index (χ3n) is 2.78. The molecule has 0 saturated carbocycles. The second kappa shape index (κ2) is 5.87. The van der Waals surface area contributed by atoms with Crippen LogP contribution >= 0.6 is 11.8 Å². The van der Waals surface area contributed by atoms with Gasteiger partial charge in [-0.15, -0.1) is 0 Å². The maximum Gasteiger partial charge on any atom is 0.192 e. The second-order valence-electron chi connectivity index (χ2n) is 4.10. The number of benzene rings is 1. The van der Waals surface area contributed by atoms with E-state index in [9.17, 15) is 4.79 Å². The number of thioether (sulfide) groups is 1. The van der Waals surface area contributed by atoms with Crippen LogP contribution in [0.3, 0.4) is 0 Å². The van der Waals surface area contributed by atoms with E-state index in [1.807, 2.05) is 36.4 Å². The molecule has 0 aliphatic heterocycles. The van der Waals surface area contributed by atoms with Gasteiger partial charge >= 0.3 is 0 Å². The molecule has 0 atom stereocenters. The van der Waals surface area contributed by atoms with E-state index >= 15 is 0 Å². The molecular weight excluding hydrogens is 228 g/mol. The van der Waals surface area contributed by atoms with Gasteiger partial charge in [-0.25, -0.2) is 0 Å². The van der Waals surface area contributed by atoms with Crippen molar-refractivity contribution in [2.24, 2.45) is 0 Å². The Morgan fingerprint density at radius 3 is 2.59 bits per heavy atom. The van der Waals surface area contributed by atoms with Gasteiger partial charge in [0.25, 0.3) is 0 Å². The summed E-state index contributed by atoms with van der Waals surface area (Å²) in [7, 11) is 0. The molecule has 0 fully saturated rings. The van der Waals surface area contributed by atoms with Crippen molar-refractivity contribution in [1.82, 2.24) is 0 Å². The highest BCUT2D eigenvalue weighted by atomic mass is 32.2. The van der Waals surface area contributed by atoms with Crippen LogP contribution < -0.4 is 0 Å². The Morgan fingerprint density at radius 1 is 1.24 bits per heavy atom. The summed E-state index contributed by atoms with van der Waals surface area (Å²) >= 11 is 1.79. The lowest BCUT2D eigenvalue weighted by Crippen LogP contribution is -2.03. The van der Waals surface area contributed by atoms with E-state index in [1.54, 1.807) is 11.8 Å². The standard InChI is InChI=1S/C15H16OS/c1-17-11-12-7-9-14(10-8-12)15(16)13-5-3-2-4-6-13/h3,5-10H,2,4,11H2,1H3. The maximum atomic E-state index is 12.1. The Morgan fingerprint density at radius 2 is 2.00 bits per heavy atom. The summed E-state index contributed by atoms with van der Waals surface area (Å²) in [5.41, 5.74) is 2.88. The topological polar surface area (TPSA) is 17.1 Å². The predicted octanol–water partition coefficient (Wildman–Crippen LogP) is 4.01. The zero-order chi connectivity index (χ0) is 12.1. The molecule has 0 radical (unpaired) electrons. The quantitative estimate of drug-likeness (QED) is 0.744. The summed E-state index contributed by atoms with van der Waals surface area (Å²) in [4.78, 5) is 12.1. The van der Waals surface area contributed by atoms with Crippen LogP contribution in [-0.2, 0) is 5.75 Å². The molecule has 1 aromatic carbocycles. The summed E-state index contributed by atoms with van der Waals surface area (Å²) in [6.45, 7) is 0. The van der Waals surface area contributed by atoms with Crippen molar-refractivity contribution in [3.63, 3.8) is 0 Å². The van der Waals surface area contributed by atoms with Gasteiger partial charge in [0.05, 0.1) is 0 Å². The van der Waals surface area contributed by atoms with Gasteiger partial charge in [0.1, 0.15) is 0 Å². The van der Waals surface area contributed by atoms with E-state index in [4.69, 9.17) is 0 Å². The van der Waals surface area contributed by atoms with Crippen LogP contribution in [0.2, 0.25) is 0 Å². The van der Waals surface area contributed by atoms with Crippen LogP contribution in [0, 0.1) is 0 Å². The van der Waals surface area contributed by atoms with Gasteiger partial charge in [0.15, 0.2) is 5.78 Å². The van der Waals surface area contributed by atoms with E-state index in [-0.39, 0.29) is 5.78 Å². The monoisotopic (exact) mass is 244 g/mol. The largest absolute Gasteiger partial charge is 0.289 e. The molecule has 0 unspecified atom stereocenters. The molecule has 1 aliphatic carbocycles. The highest BCUT2D eigenvalue weighted by Crippen LogP contribution is 2.17. The molecule has 1 aliphatic rings. The maximum absolute atomic E-state index is 12.1. The van der Waals surface area contributed by atoms with E-state index in [2.05, 4.69) is 12.3 Å². The van der Waals surface area contributed by atoms with Crippen molar-refractivity contribution in [3.8, 4) is 0 Å². The summed E-state index contributed by atoms with van der Waals surface area (Å²) < 4.78 is 0. The molecular formula is C15H16OS. The van der Waals surface area contributed by atoms with Crippen LogP contribution in [0.15, 0.2) is 48.1 Å². The smallest absolute Gasteiger partial charge is 0.192 e. The van der Waals surface area contributed by atoms with Gasteiger partial charge in [-0.2, -0.15) is 11.8 Å². The molecule has 17 heavy (non-hydrogen) atoms. The van der Waals surface area contributed by atoms with Crippen molar-refractivity contribution in [2.45, 2.75) is 18.6 Å². The molecule has 0 amide bonds. The lowest BCUT2D eigenvalue weighted by molar-refractivity contribution is 0.103. The molecule has 0 bridgehead atoms. The van der Waals surface area contributed by atoms with Gasteiger partial charge in [-0.05, 0) is 24.7 Å². The van der Waals surface area contributed by atoms with Gasteiger partial charge in [0, 0.05) is 16.9 Å². The fourth-order valence-corrected chi connectivity index (χ4v) is 2.39. The zero-order valence-corrected chi connectivity index (χ0v) is 10.8. The van der Waals surface area contributed by atoms with Crippen LogP contribution in [0.5, 0.6) is 0 Å². The molecule has 0 spiro atoms. The summed E-state index contributed by atoms with van der Waals surface area (Å²) in [5, 5.41) is 0. The molecule has 2 rings (SSSR count). The highest BCUT2D eigenvalue weighted by molar-refractivity contribution is 7.97. The van der Waals surface area contributed by atoms with Crippen molar-refractivity contribution in [1.29, 1.82) is 0 Å². The van der Waals surface area contributed by atoms with E-state index in [0.29, 0.717) is 0 Å². The third-order valence-corrected chi connectivity index (χ3v) is 3.41. The normalized spacial score (nSPS) is 14.5. The number of carbonyl (C=O) groups is 1. The van der Waals surface area contributed by atoms with Gasteiger partial charge in [-0.1, -0.05) is 42.5 Å². The number of rotatable bonds is 4. The summed E-state index contributed by atoms with van der Waals surface area (Å²) in [6, 6.07) is 7.93. The van der Waals surface area contributed by atoms with Gasteiger partial charge in [0.2, 0.25) is 0 Å². The first-order valence-electron chi connectivity index (χ1n) is 5.80. The Kier molecular flexibility index (Phi) is 4.21. The van der Waals surface area contributed by atoms with Crippen molar-refractivity contribution >= 4 is 17.5 Å². The molecule has 1 nitrogen and oxygen atoms in total. The number of hydrogen-bond donors (Lipinski definition) is 0. The lowest BCUT2D eigenvalue weighted by atomic mass is 9.98. The van der Waals surface area contributed by atoms with Crippen molar-refractivity contribution in [2.75, 3.05) is 6.26 Å². The number of allylic oxidation sites excluding steroid dienone is 4. The Labute approximate surface area is 107 Å². The SMILES string of the molecule is CSCc1ccc(C(=O)C2=CCCC=C2)cc1. The second-order valence-corrected chi connectivity index (χ2v) is 4.96. The summed E-state index contributed by atoms with van der Waals surface area (Å²) in [6.07, 6.45) is 10.1. The lowest BCUT2D eigenvalue weighted by Gasteiger charge is -2.06. The van der Waals surface area contributed by atoms with Crippen LogP contribution in [0.4, 0.5) is 0 Å². The first kappa shape index (κ1) is 12.2. The molecule has 0 aromatic heterocycles. The average molecular weight is 244 g/mol. The van der Waals surface area contributed by atoms with E-state index < -0.39 is 0 Å². The number of Topliss-reactive ketones (excluding diaryl/α,β-unsaturated/α-hetero) is 1. The van der Waals surface area contributed by atoms with Crippen LogP contribution in [0.1, 0.15) is 28.8 Å². The van der Waals surface area contributed by atoms with Crippen LogP contribution in [-0.4, -0.2) is 12.0 Å². The number of hydrogen-bond acceptors (Lipinski definition) is 2. The fraction of sp³-hybridized carbons (Fsp3) is 0.267. The minimum atomic E-state index is 0.136. The first-order valence-corrected chi connectivity index (χ1v) is 7.20. The highest BCUT2D eigenvalue weighted by Gasteiger charge is 2.10. The predicted molar refractivity (Wildman–Crippen MR) is 74.4 cm³/mol. The Bertz CT molecular complexity index is 454. The average Bonchev–Trinajstić information content (AvgIpc) is 2.40. The summed E-state index contributed by atoms with van der Waals surface area (Å²) in [5.74, 6) is 1.13. The number of ketones is 1. The molecule has 1 aromatic rings. The van der Waals surface area contributed by atoms with E-state index in [1.165, 1.54) is 5.56 Å². The molecule has 0 heterocycles. The molecule has 2 heteroatoms. The fourth-order valence-electron chi connectivity index (χ4n) is 1.87. The molecule has 88 valence electrons. The Balaban J connectivity index is 2.14. The minimum absolute atomic E-state index is 0.136. The number of carbonyl (C=O) groups excluding carboxylic acids is 1. The minimum Gasteiger partial charge on any atom is -0.289 e. The van der Waals surface area contributed by atoms with Crippen molar-refractivity contribution < 1.29 is 4.79 Å². The molecule has 0 saturated heterocycles. The molecule has 0 N–H and O–H groups in total. The van der Waals surface area contributed by atoms with Crippen LogP contribution in [0.25, 0.3) is 0 Å². The Hall–Kier alpha value is -1.28. The third kappa shape index (κ3) is 3.10. The first-order chi connectivity index (χ1) is 8.31. The van der Waals surface area contributed by atoms with Gasteiger partial charge in [-0.3, -0.25) is 4.79 Å². The van der Waals surface area contributed by atoms with Crippen molar-refractivity contribution in [3.05, 3.63) is 59.2 Å². The zero-order valence-electron chi connectivity index (χ0n) is 9.98. The van der Waals surface area contributed by atoms with E-state index in [0.717, 1.165) is 29.7 Å². The van der Waals surface area contributed by atoms with Gasteiger partial charge < -0.3 is 0 Å².